The van der Waals surface area contributed by atoms with Gasteiger partial charge in [0.05, 0.1) is 0 Å². The molecule has 2 amide bonds. The first-order chi connectivity index (χ1) is 12.6. The van der Waals surface area contributed by atoms with Gasteiger partial charge in [0, 0.05) is 56.7 Å². The molecule has 142 valence electrons. The lowest BCUT2D eigenvalue weighted by atomic mass is 9.98. The van der Waals surface area contributed by atoms with Crippen molar-refractivity contribution in [2.24, 2.45) is 17.6 Å². The van der Waals surface area contributed by atoms with Crippen molar-refractivity contribution in [3.05, 3.63) is 24.3 Å². The molecule has 0 bridgehead atoms. The average molecular weight is 358 g/mol. The van der Waals surface area contributed by atoms with Gasteiger partial charge in [0.25, 0.3) is 0 Å². The van der Waals surface area contributed by atoms with Gasteiger partial charge in [-0.05, 0) is 49.4 Å². The minimum atomic E-state index is 0.0135. The molecule has 0 radical (unpaired) electrons. The second-order valence-corrected chi connectivity index (χ2v) is 7.97. The minimum Gasteiger partial charge on any atom is -0.369 e. The van der Waals surface area contributed by atoms with Crippen molar-refractivity contribution >= 4 is 17.4 Å². The van der Waals surface area contributed by atoms with Crippen molar-refractivity contribution in [2.75, 3.05) is 56.0 Å². The third kappa shape index (κ3) is 3.53. The highest BCUT2D eigenvalue weighted by Crippen LogP contribution is 2.37. The molecule has 3 unspecified atom stereocenters. The van der Waals surface area contributed by atoms with E-state index in [1.165, 1.54) is 5.69 Å². The van der Waals surface area contributed by atoms with Crippen molar-refractivity contribution in [3.63, 3.8) is 0 Å². The number of hydrogen-bond donors (Lipinski definition) is 2. The molecule has 3 atom stereocenters. The average Bonchev–Trinajstić information content (AvgIpc) is 3.24. The molecule has 3 N–H and O–H groups in total. The van der Waals surface area contributed by atoms with Crippen LogP contribution in [0.5, 0.6) is 0 Å². The Hall–Kier alpha value is -1.79. The summed E-state index contributed by atoms with van der Waals surface area (Å²) >= 11 is 0. The van der Waals surface area contributed by atoms with E-state index in [0.717, 1.165) is 64.3 Å². The van der Waals surface area contributed by atoms with Crippen LogP contribution < -0.4 is 16.0 Å². The zero-order chi connectivity index (χ0) is 18.1. The minimum absolute atomic E-state index is 0.0135. The summed E-state index contributed by atoms with van der Waals surface area (Å²) in [5.74, 6) is 1.08. The number of nitrogens with one attached hydrogen (secondary N) is 1. The Labute approximate surface area is 156 Å². The van der Waals surface area contributed by atoms with Crippen LogP contribution in [0, 0.1) is 11.8 Å². The van der Waals surface area contributed by atoms with Gasteiger partial charge in [-0.25, -0.2) is 4.79 Å². The lowest BCUT2D eigenvalue weighted by Gasteiger charge is -2.35. The number of anilines is 2. The molecular weight excluding hydrogens is 326 g/mol. The van der Waals surface area contributed by atoms with E-state index < -0.39 is 0 Å². The van der Waals surface area contributed by atoms with E-state index in [1.807, 2.05) is 17.0 Å². The predicted octanol–water partition coefficient (Wildman–Crippen LogP) is 2.03. The predicted molar refractivity (Wildman–Crippen MR) is 106 cm³/mol. The van der Waals surface area contributed by atoms with Gasteiger partial charge < -0.3 is 25.8 Å². The van der Waals surface area contributed by atoms with Crippen molar-refractivity contribution in [1.29, 1.82) is 0 Å². The number of urea groups is 1. The molecule has 1 aromatic carbocycles. The number of amides is 2. The zero-order valence-electron chi connectivity index (χ0n) is 15.7. The van der Waals surface area contributed by atoms with Gasteiger partial charge in [0.1, 0.15) is 0 Å². The molecule has 6 heteroatoms. The number of rotatable bonds is 3. The molecule has 1 aliphatic carbocycles. The molecular formula is C20H31N5O. The van der Waals surface area contributed by atoms with E-state index in [4.69, 9.17) is 5.73 Å². The molecule has 1 saturated carbocycles. The highest BCUT2D eigenvalue weighted by atomic mass is 16.2. The number of carbonyl (C=O) groups excluding carboxylic acids is 1. The smallest absolute Gasteiger partial charge is 0.321 e. The lowest BCUT2D eigenvalue weighted by Crippen LogP contribution is -2.46. The van der Waals surface area contributed by atoms with Crippen LogP contribution in [0.25, 0.3) is 0 Å². The second-order valence-electron chi connectivity index (χ2n) is 7.97. The van der Waals surface area contributed by atoms with Crippen molar-refractivity contribution in [1.82, 2.24) is 9.80 Å². The van der Waals surface area contributed by atoms with Crippen molar-refractivity contribution in [2.45, 2.75) is 25.8 Å². The second kappa shape index (κ2) is 7.45. The molecule has 3 aliphatic rings. The van der Waals surface area contributed by atoms with Gasteiger partial charge >= 0.3 is 6.03 Å². The molecule has 2 aliphatic heterocycles. The maximum Gasteiger partial charge on any atom is 0.321 e. The Balaban J connectivity index is 1.36. The van der Waals surface area contributed by atoms with Crippen LogP contribution in [0.4, 0.5) is 16.2 Å². The molecule has 2 heterocycles. The normalized spacial score (nSPS) is 29.1. The third-order valence-electron chi connectivity index (χ3n) is 6.48. The van der Waals surface area contributed by atoms with Crippen LogP contribution in [0.1, 0.15) is 19.8 Å². The summed E-state index contributed by atoms with van der Waals surface area (Å²) in [7, 11) is 0. The van der Waals surface area contributed by atoms with Gasteiger partial charge in [-0.3, -0.25) is 0 Å². The number of carbonyl (C=O) groups is 1. The molecule has 3 fully saturated rings. The molecule has 1 aromatic rings. The highest BCUT2D eigenvalue weighted by molar-refractivity contribution is 5.90. The summed E-state index contributed by atoms with van der Waals surface area (Å²) < 4.78 is 0. The zero-order valence-corrected chi connectivity index (χ0v) is 15.7. The summed E-state index contributed by atoms with van der Waals surface area (Å²) in [4.78, 5) is 19.5. The number of likely N-dealkylation sites (N-methyl/N-ethyl adjacent to an activating group) is 1. The Morgan fingerprint density at radius 3 is 2.73 bits per heavy atom. The maximum atomic E-state index is 12.7. The molecule has 26 heavy (non-hydrogen) atoms. The van der Waals surface area contributed by atoms with Crippen molar-refractivity contribution in [3.8, 4) is 0 Å². The third-order valence-corrected chi connectivity index (χ3v) is 6.48. The van der Waals surface area contributed by atoms with Crippen LogP contribution in [0.15, 0.2) is 24.3 Å². The van der Waals surface area contributed by atoms with E-state index >= 15 is 0 Å². The van der Waals surface area contributed by atoms with Gasteiger partial charge in [0.2, 0.25) is 0 Å². The van der Waals surface area contributed by atoms with Crippen LogP contribution >= 0.6 is 0 Å². The van der Waals surface area contributed by atoms with Crippen LogP contribution in [-0.4, -0.2) is 67.7 Å². The Bertz CT molecular complexity index is 643. The Kier molecular flexibility index (Phi) is 5.05. The summed E-state index contributed by atoms with van der Waals surface area (Å²) in [6.07, 6.45) is 2.27. The summed E-state index contributed by atoms with van der Waals surface area (Å²) in [6.45, 7) is 9.26. The SMILES string of the molecule is CCN1CCN(c2cccc(NC(=O)N3CC4CCC(N)C4C3)c2)CC1. The van der Waals surface area contributed by atoms with E-state index in [1.54, 1.807) is 0 Å². The van der Waals surface area contributed by atoms with Gasteiger partial charge in [0.15, 0.2) is 0 Å². The van der Waals surface area contributed by atoms with Crippen LogP contribution in [0.3, 0.4) is 0 Å². The molecule has 4 rings (SSSR count). The van der Waals surface area contributed by atoms with E-state index in [2.05, 4.69) is 34.2 Å². The lowest BCUT2D eigenvalue weighted by molar-refractivity contribution is 0.218. The van der Waals surface area contributed by atoms with E-state index in [9.17, 15) is 4.79 Å². The fraction of sp³-hybridized carbons (Fsp3) is 0.650. The number of likely N-dealkylation sites (tertiary alicyclic amines) is 1. The first-order valence-electron chi connectivity index (χ1n) is 10.0. The number of nitrogens with two attached hydrogens (primary N) is 1. The van der Waals surface area contributed by atoms with Gasteiger partial charge in [-0.15, -0.1) is 0 Å². The molecule has 0 aromatic heterocycles. The fourth-order valence-corrected chi connectivity index (χ4v) is 4.78. The monoisotopic (exact) mass is 357 g/mol. The molecule has 0 spiro atoms. The van der Waals surface area contributed by atoms with Crippen LogP contribution in [-0.2, 0) is 0 Å². The number of nitrogens with zero attached hydrogens (tertiary/aromatic N) is 3. The fourth-order valence-electron chi connectivity index (χ4n) is 4.78. The summed E-state index contributed by atoms with van der Waals surface area (Å²) in [5.41, 5.74) is 8.26. The van der Waals surface area contributed by atoms with Gasteiger partial charge in [-0.2, -0.15) is 0 Å². The number of fused-ring (bicyclic) bond motifs is 1. The number of hydrogen-bond acceptors (Lipinski definition) is 4. The Morgan fingerprint density at radius 1 is 1.19 bits per heavy atom. The van der Waals surface area contributed by atoms with E-state index in [0.29, 0.717) is 11.8 Å². The largest absolute Gasteiger partial charge is 0.369 e. The quantitative estimate of drug-likeness (QED) is 0.869. The van der Waals surface area contributed by atoms with Crippen LogP contribution in [0.2, 0.25) is 0 Å². The maximum absolute atomic E-state index is 12.7. The Morgan fingerprint density at radius 2 is 2.00 bits per heavy atom. The summed E-state index contributed by atoms with van der Waals surface area (Å²) in [5, 5.41) is 3.10. The standard InChI is InChI=1S/C20H31N5O/c1-2-23-8-10-24(11-9-23)17-5-3-4-16(12-17)22-20(26)25-13-15-6-7-19(21)18(15)14-25/h3-5,12,15,18-19H,2,6-11,13-14,21H2,1H3,(H,22,26). The topological polar surface area (TPSA) is 64.8 Å². The molecule has 2 saturated heterocycles. The first-order valence-corrected chi connectivity index (χ1v) is 10.0. The van der Waals surface area contributed by atoms with Crippen molar-refractivity contribution < 1.29 is 4.79 Å². The molecule has 6 nitrogen and oxygen atoms in total. The van der Waals surface area contributed by atoms with Gasteiger partial charge in [-0.1, -0.05) is 13.0 Å². The highest BCUT2D eigenvalue weighted by Gasteiger charge is 2.42. The summed E-state index contributed by atoms with van der Waals surface area (Å²) in [6, 6.07) is 8.53. The number of benzene rings is 1. The number of piperazine rings is 1. The van der Waals surface area contributed by atoms with E-state index in [-0.39, 0.29) is 12.1 Å². The first kappa shape index (κ1) is 17.6.